The largest absolute Gasteiger partial charge is 0.351 e. The lowest BCUT2D eigenvalue weighted by atomic mass is 9.84. The quantitative estimate of drug-likeness (QED) is 0.698. The summed E-state index contributed by atoms with van der Waals surface area (Å²) in [7, 11) is 0. The zero-order chi connectivity index (χ0) is 11.8. The lowest BCUT2D eigenvalue weighted by Gasteiger charge is -2.28. The van der Waals surface area contributed by atoms with E-state index >= 15 is 0 Å². The fraction of sp³-hybridized carbons (Fsp3) is 0.917. The van der Waals surface area contributed by atoms with Crippen molar-refractivity contribution in [3.63, 3.8) is 0 Å². The molecule has 0 rings (SSSR count). The number of amides is 1. The van der Waals surface area contributed by atoms with Crippen LogP contribution in [-0.2, 0) is 4.79 Å². The van der Waals surface area contributed by atoms with Crippen LogP contribution in [0.3, 0.4) is 0 Å². The summed E-state index contributed by atoms with van der Waals surface area (Å²) in [6.45, 7) is 7.28. The number of hydrogen-bond donors (Lipinski definition) is 1. The molecule has 0 heterocycles. The number of halogens is 1. The summed E-state index contributed by atoms with van der Waals surface area (Å²) in [6.07, 6.45) is 3.20. The van der Waals surface area contributed by atoms with E-state index in [0.717, 1.165) is 19.3 Å². The molecule has 90 valence electrons. The van der Waals surface area contributed by atoms with Crippen molar-refractivity contribution in [3.8, 4) is 0 Å². The van der Waals surface area contributed by atoms with E-state index in [9.17, 15) is 9.18 Å². The average Bonchev–Trinajstić information content (AvgIpc) is 2.15. The van der Waals surface area contributed by atoms with Gasteiger partial charge in [0.1, 0.15) is 6.67 Å². The maximum Gasteiger partial charge on any atom is 0.217 e. The van der Waals surface area contributed by atoms with Crippen LogP contribution in [0.25, 0.3) is 0 Å². The van der Waals surface area contributed by atoms with Crippen LogP contribution in [0.1, 0.15) is 47.0 Å². The third kappa shape index (κ3) is 5.75. The number of carbonyl (C=O) groups is 1. The summed E-state index contributed by atoms with van der Waals surface area (Å²) in [5.74, 6) is 0.516. The Morgan fingerprint density at radius 2 is 2.00 bits per heavy atom. The Hall–Kier alpha value is -0.600. The van der Waals surface area contributed by atoms with Crippen molar-refractivity contribution in [2.75, 3.05) is 6.67 Å². The predicted octanol–water partition coefficient (Wildman–Crippen LogP) is 2.92. The van der Waals surface area contributed by atoms with E-state index in [2.05, 4.69) is 26.1 Å². The molecule has 0 fully saturated rings. The first kappa shape index (κ1) is 14.4. The van der Waals surface area contributed by atoms with E-state index in [1.165, 1.54) is 6.92 Å². The molecule has 0 aromatic rings. The van der Waals surface area contributed by atoms with Gasteiger partial charge in [-0.3, -0.25) is 4.79 Å². The second-order valence-electron chi connectivity index (χ2n) is 4.51. The van der Waals surface area contributed by atoms with Crippen LogP contribution < -0.4 is 5.32 Å². The molecule has 0 aromatic carbocycles. The van der Waals surface area contributed by atoms with Crippen LogP contribution in [0.5, 0.6) is 0 Å². The van der Waals surface area contributed by atoms with Crippen molar-refractivity contribution in [1.82, 2.24) is 5.32 Å². The average molecular weight is 217 g/mol. The van der Waals surface area contributed by atoms with Gasteiger partial charge in [-0.25, -0.2) is 4.39 Å². The van der Waals surface area contributed by atoms with Crippen molar-refractivity contribution >= 4 is 5.91 Å². The van der Waals surface area contributed by atoms with Gasteiger partial charge in [0.25, 0.3) is 0 Å². The second-order valence-corrected chi connectivity index (χ2v) is 4.51. The van der Waals surface area contributed by atoms with Gasteiger partial charge < -0.3 is 5.32 Å². The predicted molar refractivity (Wildman–Crippen MR) is 61.4 cm³/mol. The summed E-state index contributed by atoms with van der Waals surface area (Å²) in [4.78, 5) is 10.9. The highest BCUT2D eigenvalue weighted by atomic mass is 19.1. The van der Waals surface area contributed by atoms with Gasteiger partial charge in [0.15, 0.2) is 0 Å². The molecule has 1 N–H and O–H groups in total. The Bertz CT molecular complexity index is 182. The van der Waals surface area contributed by atoms with E-state index < -0.39 is 6.67 Å². The molecule has 15 heavy (non-hydrogen) atoms. The number of unbranched alkanes of at least 4 members (excludes halogenated alkanes) is 1. The Kier molecular flexibility index (Phi) is 7.35. The highest BCUT2D eigenvalue weighted by molar-refractivity contribution is 5.73. The monoisotopic (exact) mass is 217 g/mol. The van der Waals surface area contributed by atoms with Crippen molar-refractivity contribution in [1.29, 1.82) is 0 Å². The molecule has 1 amide bonds. The Balaban J connectivity index is 4.33. The van der Waals surface area contributed by atoms with Gasteiger partial charge in [-0.2, -0.15) is 0 Å². The van der Waals surface area contributed by atoms with Crippen molar-refractivity contribution in [2.24, 2.45) is 11.8 Å². The Morgan fingerprint density at radius 3 is 2.33 bits per heavy atom. The molecule has 1 unspecified atom stereocenters. The van der Waals surface area contributed by atoms with Crippen LogP contribution >= 0.6 is 0 Å². The minimum absolute atomic E-state index is 0.139. The zero-order valence-corrected chi connectivity index (χ0v) is 10.3. The molecule has 0 radical (unpaired) electrons. The second kappa shape index (κ2) is 7.66. The van der Waals surface area contributed by atoms with E-state index in [4.69, 9.17) is 0 Å². The summed E-state index contributed by atoms with van der Waals surface area (Å²) < 4.78 is 12.8. The van der Waals surface area contributed by atoms with E-state index in [-0.39, 0.29) is 17.9 Å². The van der Waals surface area contributed by atoms with Crippen molar-refractivity contribution in [2.45, 2.75) is 53.0 Å². The molecule has 2 nitrogen and oxygen atoms in total. The topological polar surface area (TPSA) is 29.1 Å². The van der Waals surface area contributed by atoms with Gasteiger partial charge in [-0.05, 0) is 18.3 Å². The Labute approximate surface area is 92.6 Å². The molecular weight excluding hydrogens is 193 g/mol. The van der Waals surface area contributed by atoms with Crippen LogP contribution in [-0.4, -0.2) is 18.6 Å². The maximum atomic E-state index is 12.8. The van der Waals surface area contributed by atoms with Gasteiger partial charge in [0.2, 0.25) is 5.91 Å². The molecule has 0 saturated carbocycles. The molecule has 0 aliphatic rings. The zero-order valence-electron chi connectivity index (χ0n) is 10.3. The lowest BCUT2D eigenvalue weighted by molar-refractivity contribution is -0.120. The Morgan fingerprint density at radius 1 is 1.40 bits per heavy atom. The maximum absolute atomic E-state index is 12.8. The van der Waals surface area contributed by atoms with Crippen molar-refractivity contribution in [3.05, 3.63) is 0 Å². The van der Waals surface area contributed by atoms with E-state index in [1.807, 2.05) is 0 Å². The summed E-state index contributed by atoms with van der Waals surface area (Å²) in [6, 6.07) is -0.311. The van der Waals surface area contributed by atoms with Gasteiger partial charge in [0, 0.05) is 6.92 Å². The number of nitrogens with one attached hydrogen (secondary N) is 1. The summed E-state index contributed by atoms with van der Waals surface area (Å²) in [5, 5.41) is 2.71. The normalized spacial score (nSPS) is 15.1. The molecule has 0 aliphatic heterocycles. The fourth-order valence-corrected chi connectivity index (χ4v) is 1.96. The van der Waals surface area contributed by atoms with Gasteiger partial charge in [-0.15, -0.1) is 0 Å². The number of carbonyl (C=O) groups excluding carboxylic acids is 1. The third-order valence-electron chi connectivity index (χ3n) is 2.82. The fourth-order valence-electron chi connectivity index (χ4n) is 1.96. The van der Waals surface area contributed by atoms with Gasteiger partial charge >= 0.3 is 0 Å². The van der Waals surface area contributed by atoms with E-state index in [1.54, 1.807) is 0 Å². The SMILES string of the molecule is CCCC[C@@H](C(C)C)C(CF)NC(C)=O. The molecular formula is C12H24FNO. The lowest BCUT2D eigenvalue weighted by Crippen LogP contribution is -2.42. The molecule has 2 atom stereocenters. The molecule has 0 bridgehead atoms. The van der Waals surface area contributed by atoms with Gasteiger partial charge in [0.05, 0.1) is 6.04 Å². The highest BCUT2D eigenvalue weighted by Crippen LogP contribution is 2.22. The van der Waals surface area contributed by atoms with Crippen LogP contribution in [0.15, 0.2) is 0 Å². The van der Waals surface area contributed by atoms with Crippen molar-refractivity contribution < 1.29 is 9.18 Å². The summed E-state index contributed by atoms with van der Waals surface area (Å²) in [5.41, 5.74) is 0. The van der Waals surface area contributed by atoms with Crippen LogP contribution in [0, 0.1) is 11.8 Å². The van der Waals surface area contributed by atoms with Crippen LogP contribution in [0.2, 0.25) is 0 Å². The number of hydrogen-bond acceptors (Lipinski definition) is 1. The van der Waals surface area contributed by atoms with Gasteiger partial charge in [-0.1, -0.05) is 33.6 Å². The molecule has 0 saturated heterocycles. The smallest absolute Gasteiger partial charge is 0.217 e. The minimum atomic E-state index is -0.466. The summed E-state index contributed by atoms with van der Waals surface area (Å²) >= 11 is 0. The minimum Gasteiger partial charge on any atom is -0.351 e. The highest BCUT2D eigenvalue weighted by Gasteiger charge is 2.24. The standard InChI is InChI=1S/C12H24FNO/c1-5-6-7-11(9(2)3)12(8-13)14-10(4)15/h9,11-12H,5-8H2,1-4H3,(H,14,15)/t11-,12?/m0/s1. The van der Waals surface area contributed by atoms with Crippen LogP contribution in [0.4, 0.5) is 4.39 Å². The molecule has 0 aliphatic carbocycles. The third-order valence-corrected chi connectivity index (χ3v) is 2.82. The number of rotatable bonds is 7. The molecule has 0 aromatic heterocycles. The first-order valence-electron chi connectivity index (χ1n) is 5.86. The molecule has 0 spiro atoms. The number of alkyl halides is 1. The molecule has 3 heteroatoms. The first-order chi connectivity index (χ1) is 7.02. The van der Waals surface area contributed by atoms with E-state index in [0.29, 0.717) is 5.92 Å². The first-order valence-corrected chi connectivity index (χ1v) is 5.86.